The lowest BCUT2D eigenvalue weighted by Crippen LogP contribution is -2.37. The Kier molecular flexibility index (Phi) is 42.6. The van der Waals surface area contributed by atoms with Crippen molar-refractivity contribution in [2.45, 2.75) is 264 Å². The minimum absolute atomic E-state index is 0.0256. The van der Waals surface area contributed by atoms with Gasteiger partial charge in [-0.05, 0) is 12.8 Å². The molecule has 0 aliphatic carbocycles. The molecule has 0 bridgehead atoms. The van der Waals surface area contributed by atoms with E-state index in [0.717, 1.165) is 32.1 Å². The van der Waals surface area contributed by atoms with Crippen molar-refractivity contribution in [1.82, 2.24) is 0 Å². The lowest BCUT2D eigenvalue weighted by Gasteiger charge is -2.28. The normalized spacial score (nSPS) is 13.4. The first-order valence-electron chi connectivity index (χ1n) is 25.7. The fourth-order valence-corrected chi connectivity index (χ4v) is 8.33. The van der Waals surface area contributed by atoms with Gasteiger partial charge in [0.1, 0.15) is 19.8 Å². The molecule has 0 spiro atoms. The molecule has 0 heterocycles. The molecule has 60 heavy (non-hydrogen) atoms. The summed E-state index contributed by atoms with van der Waals surface area (Å²) < 4.78 is 34.0. The summed E-state index contributed by atoms with van der Waals surface area (Å²) in [5.41, 5.74) is 0. The predicted molar refractivity (Wildman–Crippen MR) is 250 cm³/mol. The monoisotopic (exact) mass is 874 g/mol. The average molecular weight is 874 g/mol. The maximum atomic E-state index is 12.7. The number of esters is 2. The number of unbranched alkanes of at least 4 members (excludes halogenated alkanes) is 34. The molecule has 0 amide bonds. The Bertz CT molecular complexity index is 990. The summed E-state index contributed by atoms with van der Waals surface area (Å²) in [5, 5.41) is 0. The van der Waals surface area contributed by atoms with Crippen LogP contribution in [0.1, 0.15) is 258 Å². The first-order valence-corrected chi connectivity index (χ1v) is 27.2. The lowest BCUT2D eigenvalue weighted by atomic mass is 10.0. The highest BCUT2D eigenvalue weighted by Crippen LogP contribution is 2.38. The first-order chi connectivity index (χ1) is 29.0. The molecule has 0 rings (SSSR count). The van der Waals surface area contributed by atoms with Gasteiger partial charge >= 0.3 is 11.9 Å². The summed E-state index contributed by atoms with van der Waals surface area (Å²) in [6.07, 6.45) is 45.8. The van der Waals surface area contributed by atoms with Gasteiger partial charge in [0.15, 0.2) is 6.10 Å². The van der Waals surface area contributed by atoms with E-state index in [2.05, 4.69) is 13.8 Å². The zero-order valence-corrected chi connectivity index (χ0v) is 41.3. The SMILES string of the molecule is CCCCCCCCCCCCCCCCCCCCCCCCCCCCC(=O)OC(COC(=O)CCCCCCCCCCCC)COP(=O)([O-])OCC[N+](C)(C)C. The third-order valence-electron chi connectivity index (χ3n) is 11.6. The number of phosphoric ester groups is 1. The Balaban J connectivity index is 4.05. The van der Waals surface area contributed by atoms with Crippen molar-refractivity contribution in [2.75, 3.05) is 47.5 Å². The maximum Gasteiger partial charge on any atom is 0.306 e. The number of ether oxygens (including phenoxy) is 2. The predicted octanol–water partition coefficient (Wildman–Crippen LogP) is 14.5. The molecule has 9 nitrogen and oxygen atoms in total. The molecule has 0 radical (unpaired) electrons. The zero-order chi connectivity index (χ0) is 44.3. The van der Waals surface area contributed by atoms with Crippen LogP contribution in [0.3, 0.4) is 0 Å². The number of quaternary nitrogens is 1. The Hall–Kier alpha value is -0.990. The van der Waals surface area contributed by atoms with Crippen molar-refractivity contribution >= 4 is 19.8 Å². The Labute approximate surface area is 372 Å². The molecule has 0 aromatic heterocycles. The molecule has 10 heteroatoms. The van der Waals surface area contributed by atoms with E-state index in [1.54, 1.807) is 0 Å². The summed E-state index contributed by atoms with van der Waals surface area (Å²) in [5.74, 6) is -0.819. The fourth-order valence-electron chi connectivity index (χ4n) is 7.60. The second kappa shape index (κ2) is 43.3. The number of carbonyl (C=O) groups excluding carboxylic acids is 2. The third-order valence-corrected chi connectivity index (χ3v) is 12.6. The van der Waals surface area contributed by atoms with Crippen molar-refractivity contribution in [3.05, 3.63) is 0 Å². The molecule has 0 saturated carbocycles. The van der Waals surface area contributed by atoms with Crippen LogP contribution >= 0.6 is 7.82 Å². The summed E-state index contributed by atoms with van der Waals surface area (Å²) in [6.45, 7) is 4.26. The number of carbonyl (C=O) groups is 2. The van der Waals surface area contributed by atoms with E-state index in [1.807, 2.05) is 21.1 Å². The molecule has 0 aromatic carbocycles. The topological polar surface area (TPSA) is 111 Å². The molecule has 0 aliphatic heterocycles. The number of hydrogen-bond acceptors (Lipinski definition) is 8. The summed E-state index contributed by atoms with van der Waals surface area (Å²) in [7, 11) is 1.18. The van der Waals surface area contributed by atoms with Gasteiger partial charge < -0.3 is 27.9 Å². The molecular weight excluding hydrogens is 774 g/mol. The molecule has 0 N–H and O–H groups in total. The van der Waals surface area contributed by atoms with Crippen molar-refractivity contribution in [3.8, 4) is 0 Å². The van der Waals surface area contributed by atoms with Crippen molar-refractivity contribution in [1.29, 1.82) is 0 Å². The van der Waals surface area contributed by atoms with Gasteiger partial charge in [0.2, 0.25) is 0 Å². The van der Waals surface area contributed by atoms with Crippen LogP contribution in [0.2, 0.25) is 0 Å². The van der Waals surface area contributed by atoms with Gasteiger partial charge in [-0.1, -0.05) is 232 Å². The maximum absolute atomic E-state index is 12.7. The third kappa shape index (κ3) is 46.5. The highest BCUT2D eigenvalue weighted by atomic mass is 31.2. The molecule has 358 valence electrons. The minimum atomic E-state index is -4.62. The highest BCUT2D eigenvalue weighted by molar-refractivity contribution is 7.45. The van der Waals surface area contributed by atoms with E-state index < -0.39 is 26.5 Å². The fraction of sp³-hybridized carbons (Fsp3) is 0.960. The molecular formula is C50H100NO8P. The Morgan fingerprint density at radius 2 is 0.750 bits per heavy atom. The number of phosphoric acid groups is 1. The molecule has 0 aliphatic rings. The Morgan fingerprint density at radius 3 is 1.07 bits per heavy atom. The number of nitrogens with zero attached hydrogens (tertiary/aromatic N) is 1. The summed E-state index contributed by atoms with van der Waals surface area (Å²) in [6, 6.07) is 0. The van der Waals surface area contributed by atoms with Gasteiger partial charge in [-0.15, -0.1) is 0 Å². The second-order valence-corrected chi connectivity index (χ2v) is 20.3. The standard InChI is InChI=1S/C50H100NO8P/c1-6-8-10-12-14-16-18-19-20-21-22-23-24-25-26-27-28-29-30-31-32-33-35-37-39-41-43-50(53)59-48(47-58-60(54,55)57-45-44-51(3,4)5)46-56-49(52)42-40-38-36-34-17-15-13-11-9-7-2/h48H,6-47H2,1-5H3. The van der Waals surface area contributed by atoms with Crippen LogP contribution in [-0.4, -0.2) is 70.0 Å². The minimum Gasteiger partial charge on any atom is -0.756 e. The van der Waals surface area contributed by atoms with E-state index in [-0.39, 0.29) is 32.0 Å². The molecule has 0 aromatic rings. The van der Waals surface area contributed by atoms with Crippen molar-refractivity contribution in [2.24, 2.45) is 0 Å². The smallest absolute Gasteiger partial charge is 0.306 e. The second-order valence-electron chi connectivity index (χ2n) is 18.9. The van der Waals surface area contributed by atoms with Gasteiger partial charge in [-0.2, -0.15) is 0 Å². The van der Waals surface area contributed by atoms with E-state index in [9.17, 15) is 19.0 Å². The largest absolute Gasteiger partial charge is 0.756 e. The summed E-state index contributed by atoms with van der Waals surface area (Å²) >= 11 is 0. The van der Waals surface area contributed by atoms with Gasteiger partial charge in [-0.3, -0.25) is 14.2 Å². The lowest BCUT2D eigenvalue weighted by molar-refractivity contribution is -0.870. The van der Waals surface area contributed by atoms with Crippen LogP contribution < -0.4 is 4.89 Å². The molecule has 2 unspecified atom stereocenters. The summed E-state index contributed by atoms with van der Waals surface area (Å²) in [4.78, 5) is 37.6. The van der Waals surface area contributed by atoms with Crippen LogP contribution in [0.4, 0.5) is 0 Å². The van der Waals surface area contributed by atoms with Crippen LogP contribution in [0.15, 0.2) is 0 Å². The van der Waals surface area contributed by atoms with Gasteiger partial charge in [0.25, 0.3) is 7.82 Å². The van der Waals surface area contributed by atoms with Crippen molar-refractivity contribution < 1.29 is 42.1 Å². The number of rotatable bonds is 48. The zero-order valence-electron chi connectivity index (χ0n) is 40.4. The molecule has 2 atom stereocenters. The van der Waals surface area contributed by atoms with Crippen molar-refractivity contribution in [3.63, 3.8) is 0 Å². The van der Waals surface area contributed by atoms with Gasteiger partial charge in [0.05, 0.1) is 27.7 Å². The Morgan fingerprint density at radius 1 is 0.450 bits per heavy atom. The van der Waals surface area contributed by atoms with Gasteiger partial charge in [0, 0.05) is 12.8 Å². The van der Waals surface area contributed by atoms with E-state index in [1.165, 1.54) is 193 Å². The van der Waals surface area contributed by atoms with E-state index in [4.69, 9.17) is 18.5 Å². The first kappa shape index (κ1) is 59.0. The average Bonchev–Trinajstić information content (AvgIpc) is 3.20. The van der Waals surface area contributed by atoms with E-state index in [0.29, 0.717) is 17.4 Å². The number of hydrogen-bond donors (Lipinski definition) is 0. The number of likely N-dealkylation sites (N-methyl/N-ethyl adjacent to an activating group) is 1. The quantitative estimate of drug-likeness (QED) is 0.0257. The van der Waals surface area contributed by atoms with Crippen LogP contribution in [0, 0.1) is 0 Å². The van der Waals surface area contributed by atoms with Crippen LogP contribution in [0.25, 0.3) is 0 Å². The van der Waals surface area contributed by atoms with Gasteiger partial charge in [-0.25, -0.2) is 0 Å². The van der Waals surface area contributed by atoms with Crippen LogP contribution in [-0.2, 0) is 32.7 Å². The van der Waals surface area contributed by atoms with Crippen LogP contribution in [0.5, 0.6) is 0 Å². The highest BCUT2D eigenvalue weighted by Gasteiger charge is 2.21. The molecule has 0 saturated heterocycles. The van der Waals surface area contributed by atoms with E-state index >= 15 is 0 Å². The molecule has 0 fully saturated rings.